The number of benzene rings is 2. The minimum atomic E-state index is -0.407. The molecule has 6 heteroatoms. The van der Waals surface area contributed by atoms with E-state index in [4.69, 9.17) is 14.2 Å². The molecule has 0 bridgehead atoms. The fraction of sp³-hybridized carbons (Fsp3) is 0.364. The van der Waals surface area contributed by atoms with Crippen molar-refractivity contribution in [2.24, 2.45) is 0 Å². The Balaban J connectivity index is 1.97. The van der Waals surface area contributed by atoms with Gasteiger partial charge in [0, 0.05) is 20.4 Å². The fourth-order valence-corrected chi connectivity index (χ4v) is 3.72. The lowest BCUT2D eigenvalue weighted by Crippen LogP contribution is -2.39. The van der Waals surface area contributed by atoms with Gasteiger partial charge in [-0.1, -0.05) is 12.1 Å². The van der Waals surface area contributed by atoms with E-state index in [1.54, 1.807) is 26.2 Å². The molecule has 1 unspecified atom stereocenters. The zero-order valence-electron chi connectivity index (χ0n) is 16.7. The standard InChI is InChI=1S/C22H25NO5/c1-14(24)23-10-9-17-13-18(26-3)6-7-19(17)20(23)11-16-5-8-21(27-4)22(12-16)28-15(2)25/h5-8,12-13,20H,9-11H2,1-4H3. The average molecular weight is 383 g/mol. The topological polar surface area (TPSA) is 65.1 Å². The summed E-state index contributed by atoms with van der Waals surface area (Å²) in [6, 6.07) is 11.4. The molecule has 1 atom stereocenters. The van der Waals surface area contributed by atoms with E-state index in [1.807, 2.05) is 29.2 Å². The number of methoxy groups -OCH3 is 2. The summed E-state index contributed by atoms with van der Waals surface area (Å²) in [7, 11) is 3.18. The van der Waals surface area contributed by atoms with E-state index in [9.17, 15) is 9.59 Å². The Labute approximate surface area is 165 Å². The third-order valence-electron chi connectivity index (χ3n) is 5.02. The number of hydrogen-bond acceptors (Lipinski definition) is 5. The highest BCUT2D eigenvalue weighted by Crippen LogP contribution is 2.36. The number of fused-ring (bicyclic) bond motifs is 1. The van der Waals surface area contributed by atoms with Crippen LogP contribution in [0, 0.1) is 0 Å². The molecule has 0 saturated heterocycles. The molecule has 1 aliphatic rings. The van der Waals surface area contributed by atoms with E-state index >= 15 is 0 Å². The van der Waals surface area contributed by atoms with Crippen LogP contribution in [0.4, 0.5) is 0 Å². The van der Waals surface area contributed by atoms with Crippen LogP contribution in [-0.2, 0) is 22.4 Å². The van der Waals surface area contributed by atoms with Crippen LogP contribution in [0.3, 0.4) is 0 Å². The van der Waals surface area contributed by atoms with Gasteiger partial charge in [0.2, 0.25) is 5.91 Å². The largest absolute Gasteiger partial charge is 0.497 e. The highest BCUT2D eigenvalue weighted by atomic mass is 16.6. The van der Waals surface area contributed by atoms with Crippen LogP contribution in [0.1, 0.15) is 36.6 Å². The SMILES string of the molecule is COc1ccc2c(c1)CCN(C(C)=O)C2Cc1ccc(OC)c(OC(C)=O)c1. The molecule has 0 aliphatic carbocycles. The summed E-state index contributed by atoms with van der Waals surface area (Å²) in [5.41, 5.74) is 3.26. The zero-order valence-corrected chi connectivity index (χ0v) is 16.7. The van der Waals surface area contributed by atoms with E-state index in [1.165, 1.54) is 19.6 Å². The number of carbonyl (C=O) groups is 2. The lowest BCUT2D eigenvalue weighted by molar-refractivity contribution is -0.132. The number of carbonyl (C=O) groups excluding carboxylic acids is 2. The summed E-state index contributed by atoms with van der Waals surface area (Å²) < 4.78 is 15.9. The quantitative estimate of drug-likeness (QED) is 0.585. The van der Waals surface area contributed by atoms with Gasteiger partial charge in [-0.15, -0.1) is 0 Å². The lowest BCUT2D eigenvalue weighted by atomic mass is 9.88. The minimum Gasteiger partial charge on any atom is -0.497 e. The second kappa shape index (κ2) is 8.33. The monoisotopic (exact) mass is 383 g/mol. The van der Waals surface area contributed by atoms with Gasteiger partial charge in [0.15, 0.2) is 11.5 Å². The van der Waals surface area contributed by atoms with Gasteiger partial charge in [0.25, 0.3) is 0 Å². The van der Waals surface area contributed by atoms with Crippen LogP contribution in [-0.4, -0.2) is 37.5 Å². The van der Waals surface area contributed by atoms with Crippen molar-refractivity contribution in [2.45, 2.75) is 32.7 Å². The molecule has 0 aromatic heterocycles. The molecule has 148 valence electrons. The van der Waals surface area contributed by atoms with E-state index in [0.717, 1.165) is 23.3 Å². The molecular weight excluding hydrogens is 358 g/mol. The Morgan fingerprint density at radius 3 is 2.46 bits per heavy atom. The maximum Gasteiger partial charge on any atom is 0.308 e. The molecule has 2 aromatic carbocycles. The van der Waals surface area contributed by atoms with Crippen molar-refractivity contribution in [1.82, 2.24) is 4.90 Å². The Kier molecular flexibility index (Phi) is 5.87. The summed E-state index contributed by atoms with van der Waals surface area (Å²) in [6.07, 6.45) is 1.40. The first-order valence-electron chi connectivity index (χ1n) is 9.22. The maximum atomic E-state index is 12.3. The zero-order chi connectivity index (χ0) is 20.3. The smallest absolute Gasteiger partial charge is 0.308 e. The van der Waals surface area contributed by atoms with E-state index in [2.05, 4.69) is 0 Å². The van der Waals surface area contributed by atoms with Crippen molar-refractivity contribution in [3.63, 3.8) is 0 Å². The minimum absolute atomic E-state index is 0.0418. The summed E-state index contributed by atoms with van der Waals surface area (Å²) >= 11 is 0. The predicted molar refractivity (Wildman–Crippen MR) is 105 cm³/mol. The Bertz CT molecular complexity index is 892. The number of nitrogens with zero attached hydrogens (tertiary/aromatic N) is 1. The highest BCUT2D eigenvalue weighted by Gasteiger charge is 2.29. The van der Waals surface area contributed by atoms with Crippen molar-refractivity contribution in [1.29, 1.82) is 0 Å². The second-order valence-corrected chi connectivity index (χ2v) is 6.83. The van der Waals surface area contributed by atoms with E-state index in [0.29, 0.717) is 24.5 Å². The van der Waals surface area contributed by atoms with Crippen LogP contribution < -0.4 is 14.2 Å². The number of hydrogen-bond donors (Lipinski definition) is 0. The lowest BCUT2D eigenvalue weighted by Gasteiger charge is -2.37. The molecule has 0 saturated carbocycles. The molecule has 0 N–H and O–H groups in total. The van der Waals surface area contributed by atoms with Gasteiger partial charge in [0.05, 0.1) is 20.3 Å². The first-order chi connectivity index (χ1) is 13.4. The molecule has 6 nitrogen and oxygen atoms in total. The van der Waals surface area contributed by atoms with Crippen molar-refractivity contribution >= 4 is 11.9 Å². The number of ether oxygens (including phenoxy) is 3. The summed E-state index contributed by atoms with van der Waals surface area (Å²) in [4.78, 5) is 25.6. The summed E-state index contributed by atoms with van der Waals surface area (Å²) in [5, 5.41) is 0. The molecule has 0 spiro atoms. The first-order valence-corrected chi connectivity index (χ1v) is 9.22. The highest BCUT2D eigenvalue weighted by molar-refractivity contribution is 5.74. The van der Waals surface area contributed by atoms with Gasteiger partial charge in [-0.3, -0.25) is 9.59 Å². The van der Waals surface area contributed by atoms with Crippen LogP contribution in [0.5, 0.6) is 17.2 Å². The first kappa shape index (κ1) is 19.7. The van der Waals surface area contributed by atoms with E-state index in [-0.39, 0.29) is 11.9 Å². The molecule has 0 radical (unpaired) electrons. The van der Waals surface area contributed by atoms with Gasteiger partial charge in [-0.25, -0.2) is 0 Å². The normalized spacial score (nSPS) is 15.6. The van der Waals surface area contributed by atoms with Crippen LogP contribution in [0.25, 0.3) is 0 Å². The third kappa shape index (κ3) is 4.11. The predicted octanol–water partition coefficient (Wildman–Crippen LogP) is 3.32. The number of rotatable bonds is 5. The number of amides is 1. The van der Waals surface area contributed by atoms with Crippen molar-refractivity contribution in [3.8, 4) is 17.2 Å². The van der Waals surface area contributed by atoms with Crippen molar-refractivity contribution < 1.29 is 23.8 Å². The van der Waals surface area contributed by atoms with Gasteiger partial charge < -0.3 is 19.1 Å². The second-order valence-electron chi connectivity index (χ2n) is 6.83. The molecule has 2 aromatic rings. The molecule has 1 aliphatic heterocycles. The summed E-state index contributed by atoms with van der Waals surface area (Å²) in [5.74, 6) is 1.33. The Hall–Kier alpha value is -3.02. The van der Waals surface area contributed by atoms with Gasteiger partial charge in [-0.05, 0) is 53.8 Å². The molecular formula is C22H25NO5. The third-order valence-corrected chi connectivity index (χ3v) is 5.02. The molecule has 3 rings (SSSR count). The summed E-state index contributed by atoms with van der Waals surface area (Å²) in [6.45, 7) is 3.61. The maximum absolute atomic E-state index is 12.3. The van der Waals surface area contributed by atoms with Gasteiger partial charge in [0.1, 0.15) is 5.75 Å². The number of esters is 1. The van der Waals surface area contributed by atoms with Gasteiger partial charge in [-0.2, -0.15) is 0 Å². The van der Waals surface area contributed by atoms with Crippen LogP contribution in [0.15, 0.2) is 36.4 Å². The molecule has 28 heavy (non-hydrogen) atoms. The Morgan fingerprint density at radius 2 is 1.82 bits per heavy atom. The van der Waals surface area contributed by atoms with Gasteiger partial charge >= 0.3 is 5.97 Å². The molecule has 0 fully saturated rings. The van der Waals surface area contributed by atoms with Crippen LogP contribution >= 0.6 is 0 Å². The fourth-order valence-electron chi connectivity index (χ4n) is 3.72. The molecule has 1 amide bonds. The van der Waals surface area contributed by atoms with E-state index < -0.39 is 5.97 Å². The average Bonchev–Trinajstić information content (AvgIpc) is 2.67. The Morgan fingerprint density at radius 1 is 1.04 bits per heavy atom. The van der Waals surface area contributed by atoms with Crippen molar-refractivity contribution in [2.75, 3.05) is 20.8 Å². The van der Waals surface area contributed by atoms with Crippen molar-refractivity contribution in [3.05, 3.63) is 53.1 Å². The van der Waals surface area contributed by atoms with Crippen LogP contribution in [0.2, 0.25) is 0 Å². The molecule has 1 heterocycles.